The summed E-state index contributed by atoms with van der Waals surface area (Å²) in [5.74, 6) is 0.340. The fourth-order valence-corrected chi connectivity index (χ4v) is 1.65. The molecule has 0 aliphatic carbocycles. The Hall–Kier alpha value is -1.43. The molecule has 6 heteroatoms. The Labute approximate surface area is 110 Å². The summed E-state index contributed by atoms with van der Waals surface area (Å²) in [6.45, 7) is 2.34. The van der Waals surface area contributed by atoms with E-state index in [0.717, 1.165) is 0 Å². The van der Waals surface area contributed by atoms with E-state index in [2.05, 4.69) is 0 Å². The number of benzene rings is 1. The first-order chi connectivity index (χ1) is 8.83. The fourth-order valence-electron chi connectivity index (χ4n) is 1.65. The highest BCUT2D eigenvalue weighted by atomic mass is 19.4. The van der Waals surface area contributed by atoms with Gasteiger partial charge in [-0.05, 0) is 20.0 Å². The van der Waals surface area contributed by atoms with Crippen LogP contribution in [0.3, 0.4) is 0 Å². The van der Waals surface area contributed by atoms with Gasteiger partial charge in [0.05, 0.1) is 13.0 Å². The monoisotopic (exact) mass is 277 g/mol. The molecule has 0 spiro atoms. The van der Waals surface area contributed by atoms with Crippen molar-refractivity contribution in [2.45, 2.75) is 26.1 Å². The second-order valence-corrected chi connectivity index (χ2v) is 4.30. The van der Waals surface area contributed by atoms with Crippen LogP contribution < -0.4 is 4.74 Å². The number of halogens is 3. The Kier molecular flexibility index (Phi) is 5.47. The first-order valence-electron chi connectivity index (χ1n) is 6.02. The summed E-state index contributed by atoms with van der Waals surface area (Å²) in [6, 6.07) is 5.00. The van der Waals surface area contributed by atoms with Crippen molar-refractivity contribution < 1.29 is 23.0 Å². The van der Waals surface area contributed by atoms with E-state index < -0.39 is 12.6 Å². The van der Waals surface area contributed by atoms with Crippen LogP contribution in [0.15, 0.2) is 18.2 Å². The van der Waals surface area contributed by atoms with Crippen LogP contribution in [0.1, 0.15) is 18.9 Å². The second-order valence-electron chi connectivity index (χ2n) is 4.30. The summed E-state index contributed by atoms with van der Waals surface area (Å²) in [4.78, 5) is 1.51. The topological polar surface area (TPSA) is 32.7 Å². The molecule has 0 amide bonds. The van der Waals surface area contributed by atoms with Crippen LogP contribution in [0.5, 0.6) is 11.5 Å². The summed E-state index contributed by atoms with van der Waals surface area (Å²) in [5, 5.41) is 9.92. The minimum Gasteiger partial charge on any atom is -0.504 e. The Morgan fingerprint density at radius 3 is 2.58 bits per heavy atom. The molecule has 0 unspecified atom stereocenters. The Morgan fingerprint density at radius 2 is 2.00 bits per heavy atom. The van der Waals surface area contributed by atoms with Gasteiger partial charge in [-0.3, -0.25) is 0 Å². The predicted molar refractivity (Wildman–Crippen MR) is 66.3 cm³/mol. The highest BCUT2D eigenvalue weighted by Gasteiger charge is 2.27. The van der Waals surface area contributed by atoms with Crippen molar-refractivity contribution in [2.24, 2.45) is 0 Å². The maximum Gasteiger partial charge on any atom is 0.390 e. The van der Waals surface area contributed by atoms with Crippen LogP contribution in [0, 0.1) is 0 Å². The van der Waals surface area contributed by atoms with Crippen LogP contribution in [0.2, 0.25) is 0 Å². The molecule has 108 valence electrons. The molecular formula is C13H18F3NO2. The second kappa shape index (κ2) is 6.65. The lowest BCUT2D eigenvalue weighted by Gasteiger charge is -2.19. The summed E-state index contributed by atoms with van der Waals surface area (Å²) in [5.41, 5.74) is 0.552. The lowest BCUT2D eigenvalue weighted by atomic mass is 10.1. The molecular weight excluding hydrogens is 259 g/mol. The average Bonchev–Trinajstić information content (AvgIpc) is 2.31. The van der Waals surface area contributed by atoms with E-state index in [-0.39, 0.29) is 18.8 Å². The predicted octanol–water partition coefficient (Wildman–Crippen LogP) is 3.18. The number of phenols is 1. The van der Waals surface area contributed by atoms with Crippen molar-refractivity contribution in [3.8, 4) is 11.5 Å². The fraction of sp³-hybridized carbons (Fsp3) is 0.538. The lowest BCUT2D eigenvalue weighted by Crippen LogP contribution is -2.24. The first-order valence-corrected chi connectivity index (χ1v) is 6.02. The highest BCUT2D eigenvalue weighted by Crippen LogP contribution is 2.30. The van der Waals surface area contributed by atoms with Crippen molar-refractivity contribution in [2.75, 3.05) is 20.2 Å². The van der Waals surface area contributed by atoms with E-state index in [1.807, 2.05) is 0 Å². The van der Waals surface area contributed by atoms with E-state index in [9.17, 15) is 18.3 Å². The summed E-state index contributed by atoms with van der Waals surface area (Å²) < 4.78 is 41.5. The summed E-state index contributed by atoms with van der Waals surface area (Å²) in [7, 11) is 1.58. The van der Waals surface area contributed by atoms with Crippen molar-refractivity contribution in [1.82, 2.24) is 4.90 Å². The van der Waals surface area contributed by atoms with Gasteiger partial charge < -0.3 is 14.7 Å². The molecule has 0 radical (unpaired) electrons. The van der Waals surface area contributed by atoms with E-state index in [1.165, 1.54) is 4.90 Å². The quantitative estimate of drug-likeness (QED) is 0.867. The minimum absolute atomic E-state index is 0.0109. The molecule has 0 aliphatic heterocycles. The standard InChI is InChI=1S/C13H18F3NO2/c1-3-19-11-6-4-5-10(12(11)18)9-17(2)8-7-13(14,15)16/h4-6,18H,3,7-9H2,1-2H3. The van der Waals surface area contributed by atoms with E-state index in [0.29, 0.717) is 17.9 Å². The molecule has 0 saturated carbocycles. The number of hydrogen-bond acceptors (Lipinski definition) is 3. The van der Waals surface area contributed by atoms with Gasteiger partial charge in [-0.25, -0.2) is 0 Å². The minimum atomic E-state index is -4.16. The van der Waals surface area contributed by atoms with Crippen molar-refractivity contribution in [3.63, 3.8) is 0 Å². The molecule has 0 atom stereocenters. The maximum absolute atomic E-state index is 12.1. The van der Waals surface area contributed by atoms with Gasteiger partial charge in [0.25, 0.3) is 0 Å². The number of nitrogens with zero attached hydrogens (tertiary/aromatic N) is 1. The molecule has 0 bridgehead atoms. The number of aromatic hydroxyl groups is 1. The molecule has 19 heavy (non-hydrogen) atoms. The summed E-state index contributed by atoms with van der Waals surface area (Å²) >= 11 is 0. The van der Waals surface area contributed by atoms with Crippen LogP contribution >= 0.6 is 0 Å². The van der Waals surface area contributed by atoms with E-state index in [1.54, 1.807) is 32.2 Å². The molecule has 1 N–H and O–H groups in total. The third-order valence-corrected chi connectivity index (χ3v) is 2.60. The zero-order valence-corrected chi connectivity index (χ0v) is 11.0. The van der Waals surface area contributed by atoms with E-state index >= 15 is 0 Å². The largest absolute Gasteiger partial charge is 0.504 e. The summed E-state index contributed by atoms with van der Waals surface area (Å²) in [6.07, 6.45) is -5.03. The molecule has 0 heterocycles. The Bertz CT molecular complexity index is 407. The van der Waals surface area contributed by atoms with Gasteiger partial charge in [-0.15, -0.1) is 0 Å². The lowest BCUT2D eigenvalue weighted by molar-refractivity contribution is -0.137. The van der Waals surface area contributed by atoms with Crippen molar-refractivity contribution >= 4 is 0 Å². The third-order valence-electron chi connectivity index (χ3n) is 2.60. The third kappa shape index (κ3) is 5.38. The van der Waals surface area contributed by atoms with Crippen molar-refractivity contribution in [1.29, 1.82) is 0 Å². The van der Waals surface area contributed by atoms with Gasteiger partial charge in [0.15, 0.2) is 11.5 Å². The highest BCUT2D eigenvalue weighted by molar-refractivity contribution is 5.45. The smallest absolute Gasteiger partial charge is 0.390 e. The van der Waals surface area contributed by atoms with Crippen LogP contribution in [-0.2, 0) is 6.54 Å². The van der Waals surface area contributed by atoms with Crippen molar-refractivity contribution in [3.05, 3.63) is 23.8 Å². The molecule has 0 fully saturated rings. The van der Waals surface area contributed by atoms with Gasteiger partial charge in [0.1, 0.15) is 0 Å². The average molecular weight is 277 g/mol. The van der Waals surface area contributed by atoms with Crippen LogP contribution in [0.25, 0.3) is 0 Å². The SMILES string of the molecule is CCOc1cccc(CN(C)CCC(F)(F)F)c1O. The first kappa shape index (κ1) is 15.6. The molecule has 0 aliphatic rings. The molecule has 1 rings (SSSR count). The number of phenolic OH excluding ortho intramolecular Hbond substituents is 1. The van der Waals surface area contributed by atoms with Gasteiger partial charge in [0, 0.05) is 18.7 Å². The number of ether oxygens (including phenoxy) is 1. The number of para-hydroxylation sites is 1. The Balaban J connectivity index is 2.64. The number of rotatable bonds is 6. The zero-order valence-electron chi connectivity index (χ0n) is 11.0. The van der Waals surface area contributed by atoms with Gasteiger partial charge in [0.2, 0.25) is 0 Å². The van der Waals surface area contributed by atoms with Crippen LogP contribution in [0.4, 0.5) is 13.2 Å². The molecule has 0 saturated heterocycles. The van der Waals surface area contributed by atoms with Gasteiger partial charge in [-0.1, -0.05) is 12.1 Å². The van der Waals surface area contributed by atoms with Gasteiger partial charge in [-0.2, -0.15) is 13.2 Å². The molecule has 1 aromatic rings. The van der Waals surface area contributed by atoms with Crippen LogP contribution in [-0.4, -0.2) is 36.4 Å². The number of hydrogen-bond donors (Lipinski definition) is 1. The van der Waals surface area contributed by atoms with E-state index in [4.69, 9.17) is 4.74 Å². The van der Waals surface area contributed by atoms with Gasteiger partial charge >= 0.3 is 6.18 Å². The molecule has 0 aromatic heterocycles. The normalized spacial score (nSPS) is 11.9. The maximum atomic E-state index is 12.1. The molecule has 1 aromatic carbocycles. The Morgan fingerprint density at radius 1 is 1.32 bits per heavy atom. The zero-order chi connectivity index (χ0) is 14.5. The molecule has 3 nitrogen and oxygen atoms in total. The number of alkyl halides is 3.